The van der Waals surface area contributed by atoms with Crippen LogP contribution in [0.2, 0.25) is 0 Å². The first-order chi connectivity index (χ1) is 20.5. The highest BCUT2D eigenvalue weighted by Gasteiger charge is 2.21. The lowest BCUT2D eigenvalue weighted by Crippen LogP contribution is -2.48. The first-order valence-corrected chi connectivity index (χ1v) is 16.3. The Hall–Kier alpha value is -3.22. The third-order valence-electron chi connectivity index (χ3n) is 7.65. The van der Waals surface area contributed by atoms with Crippen molar-refractivity contribution in [2.24, 2.45) is 5.73 Å². The normalized spacial score (nSPS) is 11.6. The van der Waals surface area contributed by atoms with Crippen LogP contribution in [0.5, 0.6) is 0 Å². The van der Waals surface area contributed by atoms with Crippen molar-refractivity contribution in [1.29, 1.82) is 0 Å². The van der Waals surface area contributed by atoms with Gasteiger partial charge in [0.15, 0.2) is 0 Å². The van der Waals surface area contributed by atoms with Gasteiger partial charge in [-0.25, -0.2) is 0 Å². The lowest BCUT2D eigenvalue weighted by atomic mass is 9.99. The van der Waals surface area contributed by atoms with E-state index in [9.17, 15) is 14.4 Å². The van der Waals surface area contributed by atoms with Crippen molar-refractivity contribution in [3.05, 3.63) is 65.5 Å². The first-order valence-electron chi connectivity index (χ1n) is 16.3. The zero-order chi connectivity index (χ0) is 30.3. The number of primary amides is 1. The molecule has 0 aliphatic carbocycles. The molecule has 0 aliphatic heterocycles. The molecule has 1 aromatic carbocycles. The van der Waals surface area contributed by atoms with Crippen LogP contribution >= 0.6 is 0 Å². The van der Waals surface area contributed by atoms with Crippen LogP contribution in [0.3, 0.4) is 0 Å². The third-order valence-corrected chi connectivity index (χ3v) is 7.65. The van der Waals surface area contributed by atoms with Crippen molar-refractivity contribution in [3.63, 3.8) is 0 Å². The van der Waals surface area contributed by atoms with Gasteiger partial charge in [-0.15, -0.1) is 0 Å². The molecule has 2 aromatic rings. The van der Waals surface area contributed by atoms with E-state index in [0.717, 1.165) is 82.6 Å². The number of nitrogens with zero attached hydrogens (tertiary/aromatic N) is 1. The van der Waals surface area contributed by atoms with E-state index >= 15 is 0 Å². The summed E-state index contributed by atoms with van der Waals surface area (Å²) in [5, 5.41) is 6.12. The lowest BCUT2D eigenvalue weighted by molar-refractivity contribution is -0.129. The molecule has 0 unspecified atom stereocenters. The van der Waals surface area contributed by atoms with Crippen molar-refractivity contribution in [1.82, 2.24) is 15.6 Å². The van der Waals surface area contributed by atoms with Crippen LogP contribution in [-0.2, 0) is 27.2 Å². The summed E-state index contributed by atoms with van der Waals surface area (Å²) in [6.45, 7) is 2.82. The first kappa shape index (κ1) is 35.0. The van der Waals surface area contributed by atoms with Gasteiger partial charge in [0.05, 0.1) is 0 Å². The van der Waals surface area contributed by atoms with Gasteiger partial charge in [0.1, 0.15) is 6.04 Å². The number of nitrogens with one attached hydrogen (secondary N) is 2. The van der Waals surface area contributed by atoms with Crippen LogP contribution in [0.4, 0.5) is 0 Å². The highest BCUT2D eigenvalue weighted by molar-refractivity contribution is 5.87. The van der Waals surface area contributed by atoms with Gasteiger partial charge in [-0.1, -0.05) is 102 Å². The van der Waals surface area contributed by atoms with Crippen molar-refractivity contribution < 1.29 is 14.4 Å². The van der Waals surface area contributed by atoms with Crippen molar-refractivity contribution in [3.8, 4) is 0 Å². The molecule has 0 bridgehead atoms. The number of unbranched alkanes of at least 4 members (excludes halogenated alkanes) is 12. The molecule has 7 heteroatoms. The third kappa shape index (κ3) is 16.9. The van der Waals surface area contributed by atoms with Crippen LogP contribution in [-0.4, -0.2) is 35.3 Å². The summed E-state index contributed by atoms with van der Waals surface area (Å²) in [5.74, 6) is -0.374. The Bertz CT molecular complexity index is 1030. The fourth-order valence-corrected chi connectivity index (χ4v) is 5.20. The van der Waals surface area contributed by atoms with E-state index in [1.807, 2.05) is 24.3 Å². The topological polar surface area (TPSA) is 114 Å². The minimum Gasteiger partial charge on any atom is -0.370 e. The largest absolute Gasteiger partial charge is 0.370 e. The van der Waals surface area contributed by atoms with E-state index in [1.165, 1.54) is 30.4 Å². The SMILES string of the molecule is CCCCCCCCC(=O)N[C@@H](Cc1cccc(Cc2ccncc2)c1)C(=O)NCCCCCCCCCCC(N)=O. The lowest BCUT2D eigenvalue weighted by Gasteiger charge is -2.19. The Morgan fingerprint density at radius 3 is 2.00 bits per heavy atom. The molecule has 1 aromatic heterocycles. The highest BCUT2D eigenvalue weighted by Crippen LogP contribution is 2.14. The Morgan fingerprint density at radius 1 is 0.738 bits per heavy atom. The van der Waals surface area contributed by atoms with Gasteiger partial charge < -0.3 is 16.4 Å². The number of carbonyl (C=O) groups excluding carboxylic acids is 3. The van der Waals surface area contributed by atoms with Gasteiger partial charge in [0.2, 0.25) is 17.7 Å². The molecule has 0 saturated carbocycles. The summed E-state index contributed by atoms with van der Waals surface area (Å²) in [7, 11) is 0. The average Bonchev–Trinajstić information content (AvgIpc) is 2.98. The summed E-state index contributed by atoms with van der Waals surface area (Å²) in [4.78, 5) is 40.9. The zero-order valence-corrected chi connectivity index (χ0v) is 25.9. The van der Waals surface area contributed by atoms with Gasteiger partial charge in [-0.3, -0.25) is 19.4 Å². The molecule has 0 radical (unpaired) electrons. The Morgan fingerprint density at radius 2 is 1.33 bits per heavy atom. The number of aromatic nitrogens is 1. The summed E-state index contributed by atoms with van der Waals surface area (Å²) in [6, 6.07) is 11.7. The van der Waals surface area contributed by atoms with Crippen molar-refractivity contribution in [2.45, 2.75) is 129 Å². The summed E-state index contributed by atoms with van der Waals surface area (Å²) in [6.07, 6.45) is 21.1. The molecular formula is C35H54N4O3. The minimum atomic E-state index is -0.589. The van der Waals surface area contributed by atoms with Gasteiger partial charge in [0, 0.05) is 38.2 Å². The number of amides is 3. The van der Waals surface area contributed by atoms with E-state index in [4.69, 9.17) is 5.73 Å². The van der Waals surface area contributed by atoms with Gasteiger partial charge >= 0.3 is 0 Å². The molecule has 3 amide bonds. The molecular weight excluding hydrogens is 524 g/mol. The highest BCUT2D eigenvalue weighted by atomic mass is 16.2. The smallest absolute Gasteiger partial charge is 0.242 e. The maximum atomic E-state index is 13.2. The quantitative estimate of drug-likeness (QED) is 0.122. The number of carbonyl (C=O) groups is 3. The van der Waals surface area contributed by atoms with Crippen molar-refractivity contribution >= 4 is 17.7 Å². The van der Waals surface area contributed by atoms with Crippen LogP contribution < -0.4 is 16.4 Å². The van der Waals surface area contributed by atoms with Gasteiger partial charge in [-0.2, -0.15) is 0 Å². The second-order valence-electron chi connectivity index (χ2n) is 11.5. The van der Waals surface area contributed by atoms with E-state index in [0.29, 0.717) is 25.8 Å². The second kappa shape index (κ2) is 22.4. The van der Waals surface area contributed by atoms with E-state index in [2.05, 4.69) is 34.7 Å². The number of hydrogen-bond donors (Lipinski definition) is 3. The number of hydrogen-bond acceptors (Lipinski definition) is 4. The zero-order valence-electron chi connectivity index (χ0n) is 25.9. The molecule has 0 fully saturated rings. The molecule has 1 atom stereocenters. The van der Waals surface area contributed by atoms with Crippen molar-refractivity contribution in [2.75, 3.05) is 6.54 Å². The Kier molecular flexibility index (Phi) is 18.6. The summed E-state index contributed by atoms with van der Waals surface area (Å²) in [5.41, 5.74) is 8.58. The molecule has 4 N–H and O–H groups in total. The molecule has 2 rings (SSSR count). The summed E-state index contributed by atoms with van der Waals surface area (Å²) >= 11 is 0. The minimum absolute atomic E-state index is 0.0468. The number of pyridine rings is 1. The predicted molar refractivity (Wildman–Crippen MR) is 171 cm³/mol. The molecule has 0 aliphatic rings. The molecule has 42 heavy (non-hydrogen) atoms. The standard InChI is InChI=1S/C35H54N4O3/c1-2-3-4-5-11-14-20-34(41)39-32(28-31-18-16-17-30(27-31)26-29-21-24-37-25-22-29)35(42)38-23-15-12-9-7-6-8-10-13-19-33(36)40/h16-18,21-22,24-25,27,32H,2-15,19-20,23,26,28H2,1H3,(H2,36,40)(H,38,42)(H,39,41)/t32-/m0/s1. The Labute approximate surface area is 253 Å². The Balaban J connectivity index is 1.82. The maximum Gasteiger partial charge on any atom is 0.242 e. The fourth-order valence-electron chi connectivity index (χ4n) is 5.20. The summed E-state index contributed by atoms with van der Waals surface area (Å²) < 4.78 is 0. The molecule has 7 nitrogen and oxygen atoms in total. The average molecular weight is 579 g/mol. The number of rotatable bonds is 24. The van der Waals surface area contributed by atoms with Crippen LogP contribution in [0.1, 0.15) is 126 Å². The van der Waals surface area contributed by atoms with Gasteiger partial charge in [0.25, 0.3) is 0 Å². The predicted octanol–water partition coefficient (Wildman–Crippen LogP) is 6.56. The van der Waals surface area contributed by atoms with Crippen LogP contribution in [0.25, 0.3) is 0 Å². The van der Waals surface area contributed by atoms with Gasteiger partial charge in [-0.05, 0) is 54.5 Å². The fraction of sp³-hybridized carbons (Fsp3) is 0.600. The van der Waals surface area contributed by atoms with E-state index < -0.39 is 6.04 Å². The second-order valence-corrected chi connectivity index (χ2v) is 11.5. The van der Waals surface area contributed by atoms with E-state index in [-0.39, 0.29) is 17.7 Å². The number of nitrogens with two attached hydrogens (primary N) is 1. The number of benzene rings is 1. The van der Waals surface area contributed by atoms with E-state index in [1.54, 1.807) is 12.4 Å². The molecule has 1 heterocycles. The van der Waals surface area contributed by atoms with Crippen LogP contribution in [0.15, 0.2) is 48.8 Å². The molecule has 0 spiro atoms. The van der Waals surface area contributed by atoms with Crippen LogP contribution in [0, 0.1) is 0 Å². The monoisotopic (exact) mass is 578 g/mol. The molecule has 232 valence electrons. The molecule has 0 saturated heterocycles. The maximum absolute atomic E-state index is 13.2.